The second-order valence-corrected chi connectivity index (χ2v) is 2.78. The van der Waals surface area contributed by atoms with Crippen LogP contribution in [0, 0.1) is 0 Å². The smallest absolute Gasteiger partial charge is 0.196 e. The molecule has 0 aromatic carbocycles. The van der Waals surface area contributed by atoms with E-state index >= 15 is 0 Å². The Labute approximate surface area is 54.8 Å². The summed E-state index contributed by atoms with van der Waals surface area (Å²) in [7, 11) is -3.89. The van der Waals surface area contributed by atoms with Crippen molar-refractivity contribution in [1.82, 2.24) is 0 Å². The van der Waals surface area contributed by atoms with Gasteiger partial charge in [-0.3, -0.25) is 0 Å². The molecule has 2 N–H and O–H groups in total. The van der Waals surface area contributed by atoms with Crippen molar-refractivity contribution in [2.45, 2.75) is 0 Å². The lowest BCUT2D eigenvalue weighted by Crippen LogP contribution is -2.09. The molecule has 7 heteroatoms. The summed E-state index contributed by atoms with van der Waals surface area (Å²) in [4.78, 5) is 0. The first-order valence-corrected chi connectivity index (χ1v) is 3.27. The van der Waals surface area contributed by atoms with Crippen LogP contribution in [0.4, 0.5) is 0 Å². The Kier molecular flexibility index (Phi) is 2.99. The minimum atomic E-state index is -3.89. The number of rotatable bonds is 2. The molecule has 0 fully saturated rings. The van der Waals surface area contributed by atoms with E-state index in [1.165, 1.54) is 0 Å². The molecule has 0 aromatic rings. The topological polar surface area (TPSA) is 78.6 Å². The van der Waals surface area contributed by atoms with Crippen molar-refractivity contribution >= 4 is 33.4 Å². The van der Waals surface area contributed by atoms with E-state index in [0.717, 1.165) is 23.0 Å². The lowest BCUT2D eigenvalue weighted by atomic mass is 13.6. The van der Waals surface area contributed by atoms with Crippen molar-refractivity contribution in [2.75, 3.05) is 0 Å². The molecule has 0 aliphatic heterocycles. The highest BCUT2D eigenvalue weighted by Gasteiger charge is 2.04. The first-order chi connectivity index (χ1) is 3.12. The van der Waals surface area contributed by atoms with Crippen LogP contribution in [0.25, 0.3) is 0 Å². The maximum atomic E-state index is 9.79. The van der Waals surface area contributed by atoms with Gasteiger partial charge in [0.15, 0.2) is 0 Å². The van der Waals surface area contributed by atoms with Gasteiger partial charge in [-0.15, -0.1) is 0 Å². The molecule has 0 bridgehead atoms. The third-order valence-electron chi connectivity index (χ3n) is 0.195. The standard InChI is InChI=1S/H2INO4S/c1-5-7(3,4)6-2/h2H2. The summed E-state index contributed by atoms with van der Waals surface area (Å²) in [6, 6.07) is 0. The lowest BCUT2D eigenvalue weighted by Gasteiger charge is -1.88. The van der Waals surface area contributed by atoms with Crippen LogP contribution in [-0.4, -0.2) is 8.42 Å². The van der Waals surface area contributed by atoms with Crippen molar-refractivity contribution < 1.29 is 15.2 Å². The minimum absolute atomic E-state index is 1.14. The predicted octanol–water partition coefficient (Wildman–Crippen LogP) is -0.512. The van der Waals surface area contributed by atoms with Crippen molar-refractivity contribution in [3.8, 4) is 0 Å². The number of halogens is 1. The van der Waals surface area contributed by atoms with Gasteiger partial charge in [0, 0.05) is 0 Å². The van der Waals surface area contributed by atoms with Crippen LogP contribution in [0.5, 0.6) is 0 Å². The second-order valence-electron chi connectivity index (χ2n) is 0.567. The van der Waals surface area contributed by atoms with Crippen molar-refractivity contribution in [3.63, 3.8) is 0 Å². The van der Waals surface area contributed by atoms with E-state index in [-0.39, 0.29) is 0 Å². The highest BCUT2D eigenvalue weighted by atomic mass is 127. The van der Waals surface area contributed by atoms with Crippen LogP contribution in [0.15, 0.2) is 0 Å². The van der Waals surface area contributed by atoms with E-state index in [1.807, 2.05) is 0 Å². The van der Waals surface area contributed by atoms with E-state index < -0.39 is 10.4 Å². The molecule has 0 radical (unpaired) electrons. The molecule has 0 amide bonds. The van der Waals surface area contributed by atoms with E-state index in [2.05, 4.69) is 12.7 Å². The zero-order valence-corrected chi connectivity index (χ0v) is 5.97. The fraction of sp³-hybridized carbons (Fsp3) is 0. The molecular weight excluding hydrogens is 237 g/mol. The van der Waals surface area contributed by atoms with Gasteiger partial charge in [0.1, 0.15) is 23.0 Å². The van der Waals surface area contributed by atoms with Crippen molar-refractivity contribution in [1.29, 1.82) is 0 Å². The summed E-state index contributed by atoms with van der Waals surface area (Å²) in [6.45, 7) is 0. The Bertz CT molecular complexity index is 115. The molecule has 0 unspecified atom stereocenters. The quantitative estimate of drug-likeness (QED) is 0.518. The van der Waals surface area contributed by atoms with Crippen LogP contribution < -0.4 is 5.90 Å². The molecule has 0 saturated heterocycles. The monoisotopic (exact) mass is 239 g/mol. The summed E-state index contributed by atoms with van der Waals surface area (Å²) in [5, 5.41) is 0. The molecule has 0 spiro atoms. The number of hydrogen-bond donors (Lipinski definition) is 1. The highest BCUT2D eigenvalue weighted by molar-refractivity contribution is 14.1. The third kappa shape index (κ3) is 3.17. The number of hydrogen-bond acceptors (Lipinski definition) is 5. The summed E-state index contributed by atoms with van der Waals surface area (Å²) in [5.74, 6) is 4.20. The minimum Gasteiger partial charge on any atom is -0.196 e. The summed E-state index contributed by atoms with van der Waals surface area (Å²) >= 11 is 1.14. The molecule has 0 aliphatic rings. The Morgan fingerprint density at radius 1 is 1.57 bits per heavy atom. The predicted molar refractivity (Wildman–Crippen MR) is 29.3 cm³/mol. The fourth-order valence-electron chi connectivity index (χ4n) is 0.0148. The zero-order chi connectivity index (χ0) is 5.91. The first kappa shape index (κ1) is 7.56. The molecule has 0 heterocycles. The summed E-state index contributed by atoms with van der Waals surface area (Å²) < 4.78 is 26.6. The van der Waals surface area contributed by atoms with E-state index in [1.54, 1.807) is 0 Å². The fourth-order valence-corrected chi connectivity index (χ4v) is 0.299. The first-order valence-electron chi connectivity index (χ1n) is 1.06. The molecular formula is H2INO4S. The Hall–Kier alpha value is 0.560. The molecule has 5 nitrogen and oxygen atoms in total. The average molecular weight is 239 g/mol. The highest BCUT2D eigenvalue weighted by Crippen LogP contribution is 1.95. The summed E-state index contributed by atoms with van der Waals surface area (Å²) in [6.07, 6.45) is 0. The second kappa shape index (κ2) is 2.77. The van der Waals surface area contributed by atoms with Gasteiger partial charge in [0.05, 0.1) is 0 Å². The zero-order valence-electron chi connectivity index (χ0n) is 3.00. The molecule has 0 aromatic heterocycles. The van der Waals surface area contributed by atoms with Crippen LogP contribution in [-0.2, 0) is 17.2 Å². The number of nitrogens with two attached hydrogens (primary N) is 1. The van der Waals surface area contributed by atoms with Crippen LogP contribution in [0.3, 0.4) is 0 Å². The van der Waals surface area contributed by atoms with E-state index in [9.17, 15) is 8.42 Å². The van der Waals surface area contributed by atoms with Crippen molar-refractivity contribution in [3.05, 3.63) is 0 Å². The third-order valence-corrected chi connectivity index (χ3v) is 1.91. The van der Waals surface area contributed by atoms with Gasteiger partial charge in [-0.25, -0.2) is 0 Å². The molecule has 0 aliphatic carbocycles. The van der Waals surface area contributed by atoms with E-state index in [4.69, 9.17) is 0 Å². The molecule has 44 valence electrons. The largest absolute Gasteiger partial charge is 0.425 e. The Morgan fingerprint density at radius 3 is 2.00 bits per heavy atom. The normalized spacial score (nSPS) is 11.7. The Morgan fingerprint density at radius 2 is 2.00 bits per heavy atom. The van der Waals surface area contributed by atoms with Gasteiger partial charge >= 0.3 is 10.4 Å². The van der Waals surface area contributed by atoms with Gasteiger partial charge in [-0.1, -0.05) is 0 Å². The lowest BCUT2D eigenvalue weighted by molar-refractivity contribution is 0.299. The Balaban J connectivity index is 3.89. The molecule has 0 atom stereocenters. The van der Waals surface area contributed by atoms with Gasteiger partial charge in [0.25, 0.3) is 0 Å². The maximum Gasteiger partial charge on any atom is 0.425 e. The molecule has 0 rings (SSSR count). The van der Waals surface area contributed by atoms with Gasteiger partial charge in [0.2, 0.25) is 0 Å². The average Bonchev–Trinajstić information content (AvgIpc) is 1.68. The van der Waals surface area contributed by atoms with Gasteiger partial charge in [-0.2, -0.15) is 21.1 Å². The molecule has 0 saturated carbocycles. The van der Waals surface area contributed by atoms with Crippen LogP contribution in [0.2, 0.25) is 0 Å². The molecule has 7 heavy (non-hydrogen) atoms. The van der Waals surface area contributed by atoms with Gasteiger partial charge in [-0.05, 0) is 0 Å². The maximum absolute atomic E-state index is 9.79. The van der Waals surface area contributed by atoms with Crippen LogP contribution >= 0.6 is 23.0 Å². The summed E-state index contributed by atoms with van der Waals surface area (Å²) in [5.41, 5.74) is 0. The van der Waals surface area contributed by atoms with Crippen LogP contribution in [0.1, 0.15) is 0 Å². The van der Waals surface area contributed by atoms with Gasteiger partial charge < -0.3 is 0 Å². The SMILES string of the molecule is NOS(=O)(=O)OI. The van der Waals surface area contributed by atoms with E-state index in [0.29, 0.717) is 0 Å². The van der Waals surface area contributed by atoms with Crippen molar-refractivity contribution in [2.24, 2.45) is 5.90 Å².